The molecule has 3 aromatic rings. The molecule has 0 aliphatic rings. The van der Waals surface area contributed by atoms with Crippen molar-refractivity contribution in [3.05, 3.63) is 70.2 Å². The number of hydrogen-bond donors (Lipinski definition) is 1. The molecule has 22 heavy (non-hydrogen) atoms. The SMILES string of the molecule is COc1ccc(CNc2ccc(Br)cc2C)c2ccccc12. The Morgan fingerprint density at radius 1 is 1.00 bits per heavy atom. The van der Waals surface area contributed by atoms with Gasteiger partial charge in [0.05, 0.1) is 7.11 Å². The molecule has 0 spiro atoms. The van der Waals surface area contributed by atoms with Gasteiger partial charge in [-0.3, -0.25) is 0 Å². The quantitative estimate of drug-likeness (QED) is 0.664. The lowest BCUT2D eigenvalue weighted by Gasteiger charge is -2.13. The molecular formula is C19H18BrNO. The molecular weight excluding hydrogens is 338 g/mol. The van der Waals surface area contributed by atoms with E-state index in [1.807, 2.05) is 12.1 Å². The van der Waals surface area contributed by atoms with E-state index in [-0.39, 0.29) is 0 Å². The van der Waals surface area contributed by atoms with Crippen LogP contribution in [0.3, 0.4) is 0 Å². The summed E-state index contributed by atoms with van der Waals surface area (Å²) in [6, 6.07) is 18.8. The van der Waals surface area contributed by atoms with Gasteiger partial charge < -0.3 is 10.1 Å². The third-order valence-electron chi connectivity index (χ3n) is 3.85. The van der Waals surface area contributed by atoms with Crippen molar-refractivity contribution >= 4 is 32.4 Å². The van der Waals surface area contributed by atoms with Crippen LogP contribution in [-0.2, 0) is 6.54 Å². The highest BCUT2D eigenvalue weighted by Gasteiger charge is 2.06. The number of fused-ring (bicyclic) bond motifs is 1. The second kappa shape index (κ2) is 6.41. The third kappa shape index (κ3) is 2.95. The van der Waals surface area contributed by atoms with Crippen molar-refractivity contribution in [2.24, 2.45) is 0 Å². The molecule has 112 valence electrons. The van der Waals surface area contributed by atoms with Crippen molar-refractivity contribution in [3.63, 3.8) is 0 Å². The largest absolute Gasteiger partial charge is 0.496 e. The van der Waals surface area contributed by atoms with Crippen LogP contribution in [-0.4, -0.2) is 7.11 Å². The first-order chi connectivity index (χ1) is 10.7. The standard InChI is InChI=1S/C19H18BrNO/c1-13-11-15(20)8-9-18(13)21-12-14-7-10-19(22-2)17-6-4-3-5-16(14)17/h3-11,21H,12H2,1-2H3. The zero-order chi connectivity index (χ0) is 15.5. The Labute approximate surface area is 139 Å². The average Bonchev–Trinajstić information content (AvgIpc) is 2.54. The fourth-order valence-electron chi connectivity index (χ4n) is 2.68. The number of anilines is 1. The maximum atomic E-state index is 5.45. The van der Waals surface area contributed by atoms with Gasteiger partial charge in [-0.15, -0.1) is 0 Å². The molecule has 0 heterocycles. The van der Waals surface area contributed by atoms with E-state index in [0.717, 1.165) is 27.8 Å². The number of ether oxygens (including phenoxy) is 1. The monoisotopic (exact) mass is 355 g/mol. The summed E-state index contributed by atoms with van der Waals surface area (Å²) in [7, 11) is 1.71. The lowest BCUT2D eigenvalue weighted by Crippen LogP contribution is -2.02. The number of nitrogens with one attached hydrogen (secondary N) is 1. The van der Waals surface area contributed by atoms with Crippen molar-refractivity contribution in [3.8, 4) is 5.75 Å². The minimum absolute atomic E-state index is 0.785. The van der Waals surface area contributed by atoms with Crippen LogP contribution in [0.1, 0.15) is 11.1 Å². The summed E-state index contributed by atoms with van der Waals surface area (Å²) in [6.45, 7) is 2.90. The molecule has 0 amide bonds. The van der Waals surface area contributed by atoms with Crippen LogP contribution in [0.4, 0.5) is 5.69 Å². The summed E-state index contributed by atoms with van der Waals surface area (Å²) >= 11 is 3.50. The molecule has 0 aliphatic carbocycles. The van der Waals surface area contributed by atoms with Gasteiger partial charge in [-0.25, -0.2) is 0 Å². The second-order valence-electron chi connectivity index (χ2n) is 5.29. The summed E-state index contributed by atoms with van der Waals surface area (Å²) < 4.78 is 6.55. The summed E-state index contributed by atoms with van der Waals surface area (Å²) in [5.74, 6) is 0.916. The van der Waals surface area contributed by atoms with Gasteiger partial charge in [0.2, 0.25) is 0 Å². The van der Waals surface area contributed by atoms with E-state index in [2.05, 4.69) is 70.6 Å². The van der Waals surface area contributed by atoms with Crippen LogP contribution in [0.15, 0.2) is 59.1 Å². The van der Waals surface area contributed by atoms with E-state index in [1.165, 1.54) is 16.5 Å². The zero-order valence-corrected chi connectivity index (χ0v) is 14.3. The molecule has 2 nitrogen and oxygen atoms in total. The highest BCUT2D eigenvalue weighted by atomic mass is 79.9. The number of methoxy groups -OCH3 is 1. The first-order valence-corrected chi connectivity index (χ1v) is 8.03. The number of hydrogen-bond acceptors (Lipinski definition) is 2. The molecule has 3 rings (SSSR count). The average molecular weight is 356 g/mol. The Morgan fingerprint density at radius 3 is 2.50 bits per heavy atom. The molecule has 1 N–H and O–H groups in total. The minimum Gasteiger partial charge on any atom is -0.496 e. The number of benzene rings is 3. The lowest BCUT2D eigenvalue weighted by atomic mass is 10.0. The maximum Gasteiger partial charge on any atom is 0.126 e. The van der Waals surface area contributed by atoms with Crippen LogP contribution >= 0.6 is 15.9 Å². The van der Waals surface area contributed by atoms with Crippen LogP contribution in [0.2, 0.25) is 0 Å². The van der Waals surface area contributed by atoms with E-state index < -0.39 is 0 Å². The van der Waals surface area contributed by atoms with Gasteiger partial charge in [0.25, 0.3) is 0 Å². The summed E-state index contributed by atoms with van der Waals surface area (Å²) in [5.41, 5.74) is 3.65. The molecule has 0 aromatic heterocycles. The van der Waals surface area contributed by atoms with Crippen molar-refractivity contribution in [2.45, 2.75) is 13.5 Å². The smallest absolute Gasteiger partial charge is 0.126 e. The van der Waals surface area contributed by atoms with Crippen molar-refractivity contribution in [2.75, 3.05) is 12.4 Å². The van der Waals surface area contributed by atoms with Gasteiger partial charge in [0.15, 0.2) is 0 Å². The number of aryl methyl sites for hydroxylation is 1. The Kier molecular flexibility index (Phi) is 4.34. The highest BCUT2D eigenvalue weighted by molar-refractivity contribution is 9.10. The van der Waals surface area contributed by atoms with Gasteiger partial charge in [-0.1, -0.05) is 46.3 Å². The van der Waals surface area contributed by atoms with Crippen molar-refractivity contribution < 1.29 is 4.74 Å². The Balaban J connectivity index is 1.91. The molecule has 0 saturated carbocycles. The third-order valence-corrected chi connectivity index (χ3v) is 4.35. The first-order valence-electron chi connectivity index (χ1n) is 7.23. The predicted octanol–water partition coefficient (Wildman–Crippen LogP) is 5.53. The molecule has 0 aliphatic heterocycles. The van der Waals surface area contributed by atoms with Crippen LogP contribution in [0.25, 0.3) is 10.8 Å². The first kappa shape index (κ1) is 14.9. The summed E-state index contributed by atoms with van der Waals surface area (Å²) in [6.07, 6.45) is 0. The van der Waals surface area contributed by atoms with Gasteiger partial charge in [-0.05, 0) is 47.7 Å². The summed E-state index contributed by atoms with van der Waals surface area (Å²) in [5, 5.41) is 5.90. The van der Waals surface area contributed by atoms with E-state index in [9.17, 15) is 0 Å². The van der Waals surface area contributed by atoms with Gasteiger partial charge in [0, 0.05) is 22.1 Å². The van der Waals surface area contributed by atoms with Gasteiger partial charge in [-0.2, -0.15) is 0 Å². The maximum absolute atomic E-state index is 5.45. The van der Waals surface area contributed by atoms with E-state index in [4.69, 9.17) is 4.74 Å². The molecule has 0 radical (unpaired) electrons. The number of halogens is 1. The normalized spacial score (nSPS) is 10.7. The Bertz CT molecular complexity index is 814. The van der Waals surface area contributed by atoms with E-state index in [1.54, 1.807) is 7.11 Å². The van der Waals surface area contributed by atoms with Crippen LogP contribution in [0, 0.1) is 6.92 Å². The fourth-order valence-corrected chi connectivity index (χ4v) is 3.16. The van der Waals surface area contributed by atoms with E-state index >= 15 is 0 Å². The van der Waals surface area contributed by atoms with Crippen LogP contribution < -0.4 is 10.1 Å². The zero-order valence-electron chi connectivity index (χ0n) is 12.7. The summed E-state index contributed by atoms with van der Waals surface area (Å²) in [4.78, 5) is 0. The molecule has 0 atom stereocenters. The molecule has 0 unspecified atom stereocenters. The second-order valence-corrected chi connectivity index (χ2v) is 6.20. The highest BCUT2D eigenvalue weighted by Crippen LogP contribution is 2.29. The van der Waals surface area contributed by atoms with Crippen LogP contribution in [0.5, 0.6) is 5.75 Å². The topological polar surface area (TPSA) is 21.3 Å². The minimum atomic E-state index is 0.785. The van der Waals surface area contributed by atoms with Gasteiger partial charge in [0.1, 0.15) is 5.75 Å². The number of rotatable bonds is 4. The molecule has 0 saturated heterocycles. The predicted molar refractivity (Wildman–Crippen MR) is 96.7 cm³/mol. The fraction of sp³-hybridized carbons (Fsp3) is 0.158. The van der Waals surface area contributed by atoms with Crippen molar-refractivity contribution in [1.82, 2.24) is 0 Å². The molecule has 0 bridgehead atoms. The van der Waals surface area contributed by atoms with Crippen molar-refractivity contribution in [1.29, 1.82) is 0 Å². The Hall–Kier alpha value is -2.00. The molecule has 3 aromatic carbocycles. The van der Waals surface area contributed by atoms with Gasteiger partial charge >= 0.3 is 0 Å². The molecule has 3 heteroatoms. The van der Waals surface area contributed by atoms with E-state index in [0.29, 0.717) is 0 Å². The Morgan fingerprint density at radius 2 is 1.77 bits per heavy atom. The lowest BCUT2D eigenvalue weighted by molar-refractivity contribution is 0.419. The molecule has 0 fully saturated rings.